The summed E-state index contributed by atoms with van der Waals surface area (Å²) in [5, 5.41) is 9.38. The van der Waals surface area contributed by atoms with Gasteiger partial charge in [-0.1, -0.05) is 141 Å². The van der Waals surface area contributed by atoms with E-state index in [1.165, 1.54) is 116 Å². The molecule has 0 fully saturated rings. The lowest BCUT2D eigenvalue weighted by Crippen LogP contribution is -2.43. The summed E-state index contributed by atoms with van der Waals surface area (Å²) in [5.41, 5.74) is 0. The van der Waals surface area contributed by atoms with Gasteiger partial charge in [0.05, 0.1) is 46.9 Å². The molecule has 0 heterocycles. The minimum Gasteiger partial charge on any atom is -0.466 e. The lowest BCUT2D eigenvalue weighted by Gasteiger charge is -2.29. The highest BCUT2D eigenvalue weighted by Gasteiger charge is 2.23. The first-order chi connectivity index (χ1) is 26.8. The topological polar surface area (TPSA) is 89.9 Å². The molecule has 0 aromatic heterocycles. The van der Waals surface area contributed by atoms with E-state index in [4.69, 9.17) is 9.47 Å². The molecule has 7 nitrogen and oxygen atoms in total. The fourth-order valence-corrected chi connectivity index (χ4v) is 6.92. The van der Waals surface area contributed by atoms with Crippen LogP contribution in [0.2, 0.25) is 0 Å². The summed E-state index contributed by atoms with van der Waals surface area (Å²) in [4.78, 5) is 38.1. The van der Waals surface area contributed by atoms with Crippen LogP contribution in [0.3, 0.4) is 0 Å². The van der Waals surface area contributed by atoms with Gasteiger partial charge in [0, 0.05) is 18.8 Å². The van der Waals surface area contributed by atoms with Crippen molar-refractivity contribution in [1.29, 1.82) is 0 Å². The normalized spacial score (nSPS) is 12.5. The lowest BCUT2D eigenvalue weighted by atomic mass is 9.94. The summed E-state index contributed by atoms with van der Waals surface area (Å²) < 4.78 is 11.6. The summed E-state index contributed by atoms with van der Waals surface area (Å²) in [7, 11) is 4.01. The van der Waals surface area contributed by atoms with Gasteiger partial charge < -0.3 is 19.1 Å². The number of Topliss-reactive ketones (excluding diaryl/α,β-unsaturated/α-hetero) is 1. The van der Waals surface area contributed by atoms with E-state index in [1.807, 2.05) is 14.1 Å². The van der Waals surface area contributed by atoms with Crippen LogP contribution >= 0.6 is 0 Å². The van der Waals surface area contributed by atoms with Crippen LogP contribution in [0, 0.1) is 5.92 Å². The second-order valence-electron chi connectivity index (χ2n) is 16.7. The van der Waals surface area contributed by atoms with Crippen LogP contribution < -0.4 is 0 Å². The first-order valence-corrected chi connectivity index (χ1v) is 23.3. The number of hydrogen-bond donors (Lipinski definition) is 1. The smallest absolute Gasteiger partial charge is 0.305 e. The Morgan fingerprint density at radius 3 is 1.20 bits per heavy atom. The van der Waals surface area contributed by atoms with Gasteiger partial charge in [0.15, 0.2) is 0 Å². The highest BCUT2D eigenvalue weighted by molar-refractivity contribution is 5.81. The van der Waals surface area contributed by atoms with E-state index in [9.17, 15) is 19.5 Å². The Morgan fingerprint density at radius 2 is 0.836 bits per heavy atom. The number of carbonyl (C=O) groups is 3. The molecule has 0 aliphatic rings. The number of hydrogen-bond acceptors (Lipinski definition) is 6. The third-order valence-corrected chi connectivity index (χ3v) is 10.9. The molecule has 0 saturated heterocycles. The van der Waals surface area contributed by atoms with Crippen molar-refractivity contribution in [3.8, 4) is 0 Å². The zero-order valence-electron chi connectivity index (χ0n) is 36.8. The summed E-state index contributed by atoms with van der Waals surface area (Å²) >= 11 is 0. The Kier molecular flexibility index (Phi) is 38.8. The van der Waals surface area contributed by atoms with Crippen molar-refractivity contribution in [2.45, 2.75) is 213 Å². The standard InChI is InChI=1S/C48H90NO6/c1-5-7-9-11-13-15-17-19-21-23-25-27-29-31-33-35-47(52)54-43-38-45(46(51)37-40-49(3,4)41-42-50)39-44-55-48(53)36-34-32-30-28-26-24-22-20-18-16-14-12-10-8-6-2/h19-22,45,50H,5-18,23-44H2,1-4H3/q+1. The fourth-order valence-electron chi connectivity index (χ4n) is 6.92. The number of unbranched alkanes of at least 4 members (excludes halogenated alkanes) is 22. The Bertz CT molecular complexity index is 887. The van der Waals surface area contributed by atoms with E-state index in [0.717, 1.165) is 51.4 Å². The molecule has 0 rings (SSSR count). The van der Waals surface area contributed by atoms with E-state index in [-0.39, 0.29) is 43.5 Å². The van der Waals surface area contributed by atoms with E-state index < -0.39 is 0 Å². The molecule has 0 bridgehead atoms. The first-order valence-electron chi connectivity index (χ1n) is 23.3. The number of ether oxygens (including phenoxy) is 2. The quantitative estimate of drug-likeness (QED) is 0.0287. The molecule has 7 heteroatoms. The number of aliphatic hydroxyl groups is 1. The van der Waals surface area contributed by atoms with Crippen molar-refractivity contribution in [3.05, 3.63) is 24.3 Å². The summed E-state index contributed by atoms with van der Waals surface area (Å²) in [6.07, 6.45) is 43.1. The molecule has 1 N–H and O–H groups in total. The molecule has 0 amide bonds. The van der Waals surface area contributed by atoms with Crippen molar-refractivity contribution in [3.63, 3.8) is 0 Å². The fraction of sp³-hybridized carbons (Fsp3) is 0.854. The third kappa shape index (κ3) is 38.7. The predicted molar refractivity (Wildman–Crippen MR) is 232 cm³/mol. The van der Waals surface area contributed by atoms with E-state index >= 15 is 0 Å². The van der Waals surface area contributed by atoms with Gasteiger partial charge in [-0.2, -0.15) is 0 Å². The minimum atomic E-state index is -0.325. The van der Waals surface area contributed by atoms with Crippen LogP contribution in [0.25, 0.3) is 0 Å². The average molecular weight is 777 g/mol. The average Bonchev–Trinajstić information content (AvgIpc) is 3.16. The van der Waals surface area contributed by atoms with Crippen molar-refractivity contribution >= 4 is 17.7 Å². The Labute approximate surface area is 340 Å². The van der Waals surface area contributed by atoms with Crippen LogP contribution in [0.4, 0.5) is 0 Å². The molecular weight excluding hydrogens is 687 g/mol. The van der Waals surface area contributed by atoms with Gasteiger partial charge in [0.2, 0.25) is 0 Å². The molecule has 0 aliphatic carbocycles. The van der Waals surface area contributed by atoms with Crippen molar-refractivity contribution in [1.82, 2.24) is 0 Å². The molecule has 0 aliphatic heterocycles. The largest absolute Gasteiger partial charge is 0.466 e. The zero-order valence-corrected chi connectivity index (χ0v) is 36.8. The number of esters is 2. The third-order valence-electron chi connectivity index (χ3n) is 10.9. The predicted octanol–water partition coefficient (Wildman–Crippen LogP) is 12.6. The number of likely N-dealkylation sites (N-methyl/N-ethyl adjacent to an activating group) is 1. The SMILES string of the molecule is CCCCCCCCC=CCCCCCCCC(=O)OCCC(CCOC(=O)CCCCCCCC=CCCCCCCCC)C(=O)CC[N+](C)(C)CCO. The maximum absolute atomic E-state index is 13.2. The molecule has 0 spiro atoms. The monoisotopic (exact) mass is 777 g/mol. The van der Waals surface area contributed by atoms with Crippen LogP contribution in [0.5, 0.6) is 0 Å². The van der Waals surface area contributed by atoms with E-state index in [2.05, 4.69) is 38.2 Å². The number of ketones is 1. The lowest BCUT2D eigenvalue weighted by molar-refractivity contribution is -0.890. The number of quaternary nitrogens is 1. The Hall–Kier alpha value is -1.99. The van der Waals surface area contributed by atoms with E-state index in [0.29, 0.717) is 49.7 Å². The second kappa shape index (κ2) is 40.2. The van der Waals surface area contributed by atoms with Crippen LogP contribution in [-0.4, -0.2) is 74.3 Å². The number of aliphatic hydroxyl groups excluding tert-OH is 1. The maximum atomic E-state index is 13.2. The first kappa shape index (κ1) is 53.0. The number of nitrogens with zero attached hydrogens (tertiary/aromatic N) is 1. The van der Waals surface area contributed by atoms with Crippen LogP contribution in [-0.2, 0) is 23.9 Å². The number of carbonyl (C=O) groups excluding carboxylic acids is 3. The summed E-state index contributed by atoms with van der Waals surface area (Å²) in [6.45, 7) is 6.21. The van der Waals surface area contributed by atoms with Gasteiger partial charge in [-0.3, -0.25) is 14.4 Å². The van der Waals surface area contributed by atoms with Gasteiger partial charge in [0.25, 0.3) is 0 Å². The number of rotatable bonds is 42. The van der Waals surface area contributed by atoms with E-state index in [1.54, 1.807) is 0 Å². The molecule has 322 valence electrons. The highest BCUT2D eigenvalue weighted by Crippen LogP contribution is 2.17. The molecule has 0 radical (unpaired) electrons. The Morgan fingerprint density at radius 1 is 0.491 bits per heavy atom. The minimum absolute atomic E-state index is 0.0733. The molecule has 0 saturated carbocycles. The van der Waals surface area contributed by atoms with Gasteiger partial charge in [-0.05, 0) is 77.0 Å². The summed E-state index contributed by atoms with van der Waals surface area (Å²) in [6, 6.07) is 0. The van der Waals surface area contributed by atoms with Gasteiger partial charge >= 0.3 is 11.9 Å². The second-order valence-corrected chi connectivity index (χ2v) is 16.7. The zero-order chi connectivity index (χ0) is 40.5. The molecule has 55 heavy (non-hydrogen) atoms. The molecule has 0 aromatic carbocycles. The molecular formula is C48H90NO6+. The summed E-state index contributed by atoms with van der Waals surface area (Å²) in [5.74, 6) is -0.618. The van der Waals surface area contributed by atoms with Crippen LogP contribution in [0.15, 0.2) is 24.3 Å². The van der Waals surface area contributed by atoms with Crippen LogP contribution in [0.1, 0.15) is 213 Å². The van der Waals surface area contributed by atoms with Crippen molar-refractivity contribution < 1.29 is 33.4 Å². The number of allylic oxidation sites excluding steroid dienone is 4. The van der Waals surface area contributed by atoms with Crippen molar-refractivity contribution in [2.24, 2.45) is 5.92 Å². The molecule has 0 aromatic rings. The van der Waals surface area contributed by atoms with Crippen molar-refractivity contribution in [2.75, 3.05) is 47.0 Å². The van der Waals surface area contributed by atoms with Gasteiger partial charge in [-0.15, -0.1) is 0 Å². The van der Waals surface area contributed by atoms with Gasteiger partial charge in [0.1, 0.15) is 12.3 Å². The molecule has 0 unspecified atom stereocenters. The molecule has 0 atom stereocenters. The highest BCUT2D eigenvalue weighted by atomic mass is 16.5. The Balaban J connectivity index is 4.22. The maximum Gasteiger partial charge on any atom is 0.305 e. The van der Waals surface area contributed by atoms with Gasteiger partial charge in [-0.25, -0.2) is 0 Å².